The minimum atomic E-state index is -4.19. The molecule has 0 saturated carbocycles. The van der Waals surface area contributed by atoms with Gasteiger partial charge in [-0.15, -0.1) is 0 Å². The average Bonchev–Trinajstić information content (AvgIpc) is 2.15. The molecular weight excluding hydrogens is 367 g/mol. The van der Waals surface area contributed by atoms with E-state index in [1.54, 1.807) is 12.1 Å². The summed E-state index contributed by atoms with van der Waals surface area (Å²) in [5.41, 5.74) is 0.730. The van der Waals surface area contributed by atoms with Crippen molar-refractivity contribution in [2.75, 3.05) is 13.7 Å². The first-order chi connectivity index (χ1) is 7.83. The highest BCUT2D eigenvalue weighted by atomic mass is 79.9. The SMILES string of the molecule is COc1c(Br)cc(CNCC(F)(F)F)cc1Br. The molecule has 0 amide bonds. The second-order valence-corrected chi connectivity index (χ2v) is 5.02. The fraction of sp³-hybridized carbons (Fsp3) is 0.400. The second-order valence-electron chi connectivity index (χ2n) is 3.31. The lowest BCUT2D eigenvalue weighted by molar-refractivity contribution is -0.125. The summed E-state index contributed by atoms with van der Waals surface area (Å²) < 4.78 is 42.3. The Hall–Kier alpha value is -0.270. The van der Waals surface area contributed by atoms with Crippen molar-refractivity contribution in [3.05, 3.63) is 26.6 Å². The third-order valence-corrected chi connectivity index (χ3v) is 3.09. The molecule has 7 heteroatoms. The van der Waals surface area contributed by atoms with Gasteiger partial charge in [-0.1, -0.05) is 0 Å². The predicted octanol–water partition coefficient (Wildman–Crippen LogP) is 3.87. The first-order valence-corrected chi connectivity index (χ1v) is 6.21. The number of hydrogen-bond acceptors (Lipinski definition) is 2. The normalized spacial score (nSPS) is 11.6. The van der Waals surface area contributed by atoms with Crippen LogP contribution in [0.15, 0.2) is 21.1 Å². The van der Waals surface area contributed by atoms with E-state index in [9.17, 15) is 13.2 Å². The fourth-order valence-electron chi connectivity index (χ4n) is 1.26. The minimum absolute atomic E-state index is 0.140. The molecule has 1 aromatic rings. The summed E-state index contributed by atoms with van der Waals surface area (Å²) in [6.07, 6.45) is -4.19. The summed E-state index contributed by atoms with van der Waals surface area (Å²) in [6, 6.07) is 3.43. The molecule has 0 saturated heterocycles. The maximum absolute atomic E-state index is 11.9. The molecule has 0 heterocycles. The van der Waals surface area contributed by atoms with Crippen LogP contribution in [-0.4, -0.2) is 19.8 Å². The van der Waals surface area contributed by atoms with Gasteiger partial charge in [-0.3, -0.25) is 0 Å². The Morgan fingerprint density at radius 3 is 2.18 bits per heavy atom. The van der Waals surface area contributed by atoms with Crippen molar-refractivity contribution in [1.29, 1.82) is 0 Å². The molecule has 0 unspecified atom stereocenters. The standard InChI is InChI=1S/C10H10Br2F3NO/c1-17-9-7(11)2-6(3-8(9)12)4-16-5-10(13,14)15/h2-3,16H,4-5H2,1H3. The highest BCUT2D eigenvalue weighted by molar-refractivity contribution is 9.11. The van der Waals surface area contributed by atoms with Gasteiger partial charge in [-0.05, 0) is 49.6 Å². The van der Waals surface area contributed by atoms with Crippen molar-refractivity contribution in [2.24, 2.45) is 0 Å². The van der Waals surface area contributed by atoms with E-state index in [0.29, 0.717) is 14.7 Å². The Morgan fingerprint density at radius 1 is 1.24 bits per heavy atom. The molecule has 0 aromatic heterocycles. The number of nitrogens with one attached hydrogen (secondary N) is 1. The predicted molar refractivity (Wildman–Crippen MR) is 66.2 cm³/mol. The van der Waals surface area contributed by atoms with Crippen LogP contribution in [0.4, 0.5) is 13.2 Å². The summed E-state index contributed by atoms with van der Waals surface area (Å²) in [7, 11) is 1.52. The molecule has 2 nitrogen and oxygen atoms in total. The van der Waals surface area contributed by atoms with Crippen LogP contribution in [0.25, 0.3) is 0 Å². The molecule has 1 aromatic carbocycles. The van der Waals surface area contributed by atoms with E-state index in [0.717, 1.165) is 5.56 Å². The van der Waals surface area contributed by atoms with Crippen molar-refractivity contribution in [1.82, 2.24) is 5.32 Å². The third-order valence-electron chi connectivity index (χ3n) is 1.92. The maximum atomic E-state index is 11.9. The molecule has 0 aliphatic heterocycles. The van der Waals surface area contributed by atoms with E-state index in [2.05, 4.69) is 37.2 Å². The zero-order valence-electron chi connectivity index (χ0n) is 8.87. The highest BCUT2D eigenvalue weighted by Crippen LogP contribution is 2.34. The molecule has 0 radical (unpaired) electrons. The zero-order chi connectivity index (χ0) is 13.1. The average molecular weight is 377 g/mol. The Labute approximate surface area is 114 Å². The summed E-state index contributed by atoms with van der Waals surface area (Å²) >= 11 is 6.57. The Bertz CT molecular complexity index is 373. The van der Waals surface area contributed by atoms with Crippen LogP contribution in [0.1, 0.15) is 5.56 Å². The number of ether oxygens (including phenoxy) is 1. The van der Waals surface area contributed by atoms with Gasteiger partial charge in [0.2, 0.25) is 0 Å². The van der Waals surface area contributed by atoms with Gasteiger partial charge in [0.25, 0.3) is 0 Å². The van der Waals surface area contributed by atoms with Crippen molar-refractivity contribution in [2.45, 2.75) is 12.7 Å². The molecule has 0 spiro atoms. The van der Waals surface area contributed by atoms with Gasteiger partial charge < -0.3 is 10.1 Å². The quantitative estimate of drug-likeness (QED) is 0.861. The molecule has 0 aliphatic rings. The van der Waals surface area contributed by atoms with Gasteiger partial charge in [0.05, 0.1) is 22.6 Å². The number of rotatable bonds is 4. The van der Waals surface area contributed by atoms with Crippen LogP contribution < -0.4 is 10.1 Å². The largest absolute Gasteiger partial charge is 0.494 e. The summed E-state index contributed by atoms with van der Waals surface area (Å²) in [5, 5.41) is 2.33. The number of hydrogen-bond donors (Lipinski definition) is 1. The van der Waals surface area contributed by atoms with E-state index in [1.807, 2.05) is 0 Å². The molecule has 0 fully saturated rings. The van der Waals surface area contributed by atoms with E-state index in [1.165, 1.54) is 7.11 Å². The van der Waals surface area contributed by atoms with Crippen LogP contribution in [-0.2, 0) is 6.54 Å². The smallest absolute Gasteiger partial charge is 0.401 e. The fourth-order valence-corrected chi connectivity index (χ4v) is 2.86. The number of halogens is 5. The highest BCUT2D eigenvalue weighted by Gasteiger charge is 2.26. The van der Waals surface area contributed by atoms with Crippen LogP contribution >= 0.6 is 31.9 Å². The van der Waals surface area contributed by atoms with Gasteiger partial charge in [-0.2, -0.15) is 13.2 Å². The second kappa shape index (κ2) is 6.06. The lowest BCUT2D eigenvalue weighted by Gasteiger charge is -2.11. The van der Waals surface area contributed by atoms with Crippen molar-refractivity contribution >= 4 is 31.9 Å². The molecule has 0 atom stereocenters. The molecule has 17 heavy (non-hydrogen) atoms. The summed E-state index contributed by atoms with van der Waals surface area (Å²) in [6.45, 7) is -0.866. The van der Waals surface area contributed by atoms with Gasteiger partial charge >= 0.3 is 6.18 Å². The van der Waals surface area contributed by atoms with Crippen LogP contribution in [0.3, 0.4) is 0 Å². The minimum Gasteiger partial charge on any atom is -0.494 e. The van der Waals surface area contributed by atoms with E-state index in [-0.39, 0.29) is 6.54 Å². The zero-order valence-corrected chi connectivity index (χ0v) is 12.0. The lowest BCUT2D eigenvalue weighted by atomic mass is 10.2. The molecule has 1 rings (SSSR count). The van der Waals surface area contributed by atoms with Crippen molar-refractivity contribution in [3.8, 4) is 5.75 Å². The molecule has 96 valence electrons. The van der Waals surface area contributed by atoms with Gasteiger partial charge in [0.1, 0.15) is 5.75 Å². The van der Waals surface area contributed by atoms with Crippen molar-refractivity contribution < 1.29 is 17.9 Å². The number of alkyl halides is 3. The van der Waals surface area contributed by atoms with Crippen molar-refractivity contribution in [3.63, 3.8) is 0 Å². The van der Waals surface area contributed by atoms with Crippen LogP contribution in [0, 0.1) is 0 Å². The van der Waals surface area contributed by atoms with Gasteiger partial charge in [0.15, 0.2) is 0 Å². The molecule has 1 N–H and O–H groups in total. The molecule has 0 bridgehead atoms. The van der Waals surface area contributed by atoms with Crippen LogP contribution in [0.5, 0.6) is 5.75 Å². The summed E-state index contributed by atoms with van der Waals surface area (Å²) in [5.74, 6) is 0.615. The van der Waals surface area contributed by atoms with E-state index >= 15 is 0 Å². The first-order valence-electron chi connectivity index (χ1n) is 4.63. The van der Waals surface area contributed by atoms with Gasteiger partial charge in [-0.25, -0.2) is 0 Å². The van der Waals surface area contributed by atoms with Crippen LogP contribution in [0.2, 0.25) is 0 Å². The Morgan fingerprint density at radius 2 is 1.76 bits per heavy atom. The lowest BCUT2D eigenvalue weighted by Crippen LogP contribution is -2.28. The molecule has 0 aliphatic carbocycles. The maximum Gasteiger partial charge on any atom is 0.401 e. The van der Waals surface area contributed by atoms with Gasteiger partial charge in [0, 0.05) is 6.54 Å². The Kier molecular flexibility index (Phi) is 5.27. The summed E-state index contributed by atoms with van der Waals surface area (Å²) in [4.78, 5) is 0. The molecular formula is C10H10Br2F3NO. The van der Waals surface area contributed by atoms with E-state index in [4.69, 9.17) is 4.74 Å². The van der Waals surface area contributed by atoms with E-state index < -0.39 is 12.7 Å². The number of benzene rings is 1. The number of methoxy groups -OCH3 is 1. The monoisotopic (exact) mass is 375 g/mol. The third kappa shape index (κ3) is 4.85. The Balaban J connectivity index is 2.67. The first kappa shape index (κ1) is 14.8. The topological polar surface area (TPSA) is 21.3 Å².